The number of thiophene rings is 1. The van der Waals surface area contributed by atoms with E-state index in [1.165, 1.54) is 26.5 Å². The number of hydrogen-bond donors (Lipinski definition) is 1. The fraction of sp³-hybridized carbons (Fsp3) is 0.381. The van der Waals surface area contributed by atoms with Crippen molar-refractivity contribution in [1.29, 1.82) is 0 Å². The van der Waals surface area contributed by atoms with E-state index in [0.29, 0.717) is 35.9 Å². The molecule has 1 aliphatic rings. The number of aryl methyl sites for hydroxylation is 1. The van der Waals surface area contributed by atoms with Gasteiger partial charge in [0, 0.05) is 24.7 Å². The molecule has 1 amide bonds. The number of piperidine rings is 1. The van der Waals surface area contributed by atoms with Crippen LogP contribution in [0.15, 0.2) is 46.6 Å². The standard InChI is InChI=1S/C21H25N5O4S2/c1-15-7-9-17(10-8-15)22-18(27)14-25-21(28)26(19-6-4-12-31-19)20(23-25)16-5-3-11-24(13-16)32(2,29)30/h4,6-10,12,16H,3,5,11,13-14H2,1-2H3,(H,22,27). The van der Waals surface area contributed by atoms with Gasteiger partial charge in [0.2, 0.25) is 15.9 Å². The lowest BCUT2D eigenvalue weighted by Crippen LogP contribution is -2.39. The van der Waals surface area contributed by atoms with Gasteiger partial charge in [0.15, 0.2) is 0 Å². The van der Waals surface area contributed by atoms with Crippen molar-refractivity contribution in [3.8, 4) is 5.00 Å². The minimum Gasteiger partial charge on any atom is -0.324 e. The second-order valence-corrected chi connectivity index (χ2v) is 10.9. The first-order valence-corrected chi connectivity index (χ1v) is 13.0. The van der Waals surface area contributed by atoms with Crippen molar-refractivity contribution >= 4 is 33.0 Å². The summed E-state index contributed by atoms with van der Waals surface area (Å²) in [7, 11) is -3.34. The van der Waals surface area contributed by atoms with E-state index in [2.05, 4.69) is 10.4 Å². The van der Waals surface area contributed by atoms with E-state index < -0.39 is 15.7 Å². The molecule has 32 heavy (non-hydrogen) atoms. The predicted molar refractivity (Wildman–Crippen MR) is 124 cm³/mol. The quantitative estimate of drug-likeness (QED) is 0.588. The van der Waals surface area contributed by atoms with Gasteiger partial charge in [-0.25, -0.2) is 26.8 Å². The molecule has 1 aromatic carbocycles. The number of aromatic nitrogens is 3. The summed E-state index contributed by atoms with van der Waals surface area (Å²) < 4.78 is 28.2. The Balaban J connectivity index is 1.64. The zero-order valence-electron chi connectivity index (χ0n) is 17.9. The van der Waals surface area contributed by atoms with Gasteiger partial charge in [-0.1, -0.05) is 17.7 Å². The molecule has 1 saturated heterocycles. The Kier molecular flexibility index (Phi) is 6.31. The van der Waals surface area contributed by atoms with Gasteiger partial charge in [0.05, 0.1) is 6.26 Å². The number of amides is 1. The Morgan fingerprint density at radius 1 is 1.25 bits per heavy atom. The fourth-order valence-corrected chi connectivity index (χ4v) is 5.47. The molecule has 1 unspecified atom stereocenters. The zero-order chi connectivity index (χ0) is 22.9. The van der Waals surface area contributed by atoms with Crippen LogP contribution in [0.2, 0.25) is 0 Å². The zero-order valence-corrected chi connectivity index (χ0v) is 19.5. The van der Waals surface area contributed by atoms with Crippen LogP contribution < -0.4 is 11.0 Å². The van der Waals surface area contributed by atoms with E-state index in [1.54, 1.807) is 12.1 Å². The molecule has 4 rings (SSSR count). The van der Waals surface area contributed by atoms with Crippen LogP contribution in [-0.2, 0) is 21.4 Å². The summed E-state index contributed by atoms with van der Waals surface area (Å²) in [5.41, 5.74) is 1.30. The molecule has 170 valence electrons. The van der Waals surface area contributed by atoms with Crippen molar-refractivity contribution in [2.45, 2.75) is 32.2 Å². The molecule has 0 bridgehead atoms. The van der Waals surface area contributed by atoms with Crippen molar-refractivity contribution in [2.24, 2.45) is 0 Å². The highest BCUT2D eigenvalue weighted by Gasteiger charge is 2.32. The maximum absolute atomic E-state index is 13.2. The summed E-state index contributed by atoms with van der Waals surface area (Å²) in [5, 5.41) is 9.82. The Bertz CT molecular complexity index is 1260. The van der Waals surface area contributed by atoms with E-state index in [1.807, 2.05) is 36.6 Å². The Morgan fingerprint density at radius 3 is 2.66 bits per heavy atom. The van der Waals surface area contributed by atoms with Crippen molar-refractivity contribution in [3.63, 3.8) is 0 Å². The summed E-state index contributed by atoms with van der Waals surface area (Å²) in [4.78, 5) is 25.8. The van der Waals surface area contributed by atoms with E-state index in [0.717, 1.165) is 10.2 Å². The SMILES string of the molecule is Cc1ccc(NC(=O)Cn2nc(C3CCCN(S(C)(=O)=O)C3)n(-c3cccs3)c2=O)cc1. The Hall–Kier alpha value is -2.76. The maximum Gasteiger partial charge on any atom is 0.351 e. The van der Waals surface area contributed by atoms with Gasteiger partial charge in [-0.2, -0.15) is 5.10 Å². The van der Waals surface area contributed by atoms with Crippen LogP contribution in [0.4, 0.5) is 5.69 Å². The van der Waals surface area contributed by atoms with E-state index in [-0.39, 0.29) is 24.9 Å². The maximum atomic E-state index is 13.2. The number of hydrogen-bond acceptors (Lipinski definition) is 6. The first-order chi connectivity index (χ1) is 15.2. The van der Waals surface area contributed by atoms with Crippen LogP contribution >= 0.6 is 11.3 Å². The van der Waals surface area contributed by atoms with Crippen LogP contribution in [0.1, 0.15) is 30.1 Å². The van der Waals surface area contributed by atoms with Gasteiger partial charge in [-0.05, 0) is 49.4 Å². The molecule has 3 heterocycles. The highest BCUT2D eigenvalue weighted by atomic mass is 32.2. The minimum atomic E-state index is -3.34. The molecule has 0 aliphatic carbocycles. The molecule has 9 nitrogen and oxygen atoms in total. The highest BCUT2D eigenvalue weighted by Crippen LogP contribution is 2.28. The molecule has 0 saturated carbocycles. The van der Waals surface area contributed by atoms with Crippen LogP contribution in [0.3, 0.4) is 0 Å². The molecular weight excluding hydrogens is 450 g/mol. The number of anilines is 1. The number of carbonyl (C=O) groups is 1. The lowest BCUT2D eigenvalue weighted by atomic mass is 9.99. The summed E-state index contributed by atoms with van der Waals surface area (Å²) in [6.07, 6.45) is 2.58. The summed E-state index contributed by atoms with van der Waals surface area (Å²) in [6, 6.07) is 11.0. The third kappa shape index (κ3) is 4.84. The highest BCUT2D eigenvalue weighted by molar-refractivity contribution is 7.88. The number of rotatable bonds is 6. The van der Waals surface area contributed by atoms with Gasteiger partial charge in [-0.15, -0.1) is 11.3 Å². The lowest BCUT2D eigenvalue weighted by molar-refractivity contribution is -0.117. The first kappa shape index (κ1) is 22.4. The van der Waals surface area contributed by atoms with Crippen molar-refractivity contribution in [3.05, 3.63) is 63.7 Å². The van der Waals surface area contributed by atoms with E-state index in [9.17, 15) is 18.0 Å². The second kappa shape index (κ2) is 9.00. The third-order valence-corrected chi connectivity index (χ3v) is 7.56. The predicted octanol–water partition coefficient (Wildman–Crippen LogP) is 2.18. The normalized spacial score (nSPS) is 17.4. The summed E-state index contributed by atoms with van der Waals surface area (Å²) in [5.74, 6) is -0.122. The van der Waals surface area contributed by atoms with Gasteiger partial charge < -0.3 is 5.32 Å². The topological polar surface area (TPSA) is 106 Å². The van der Waals surface area contributed by atoms with Gasteiger partial charge in [0.25, 0.3) is 0 Å². The fourth-order valence-electron chi connectivity index (χ4n) is 3.82. The molecule has 1 aliphatic heterocycles. The molecular formula is C21H25N5O4S2. The van der Waals surface area contributed by atoms with Crippen LogP contribution in [0.25, 0.3) is 5.00 Å². The third-order valence-electron chi connectivity index (χ3n) is 5.44. The molecule has 2 aromatic heterocycles. The average Bonchev–Trinajstić information content (AvgIpc) is 3.38. The molecule has 1 atom stereocenters. The van der Waals surface area contributed by atoms with Crippen LogP contribution in [0, 0.1) is 6.92 Å². The number of sulfonamides is 1. The van der Waals surface area contributed by atoms with E-state index >= 15 is 0 Å². The van der Waals surface area contributed by atoms with Crippen molar-refractivity contribution < 1.29 is 13.2 Å². The molecule has 1 N–H and O–H groups in total. The smallest absolute Gasteiger partial charge is 0.324 e. The largest absolute Gasteiger partial charge is 0.351 e. The second-order valence-electron chi connectivity index (χ2n) is 7.96. The first-order valence-electron chi connectivity index (χ1n) is 10.3. The number of nitrogens with one attached hydrogen (secondary N) is 1. The Morgan fingerprint density at radius 2 is 2.00 bits per heavy atom. The molecule has 1 fully saturated rings. The van der Waals surface area contributed by atoms with Gasteiger partial charge in [0.1, 0.15) is 17.4 Å². The van der Waals surface area contributed by atoms with Crippen LogP contribution in [0.5, 0.6) is 0 Å². The average molecular weight is 476 g/mol. The molecule has 11 heteroatoms. The summed E-state index contributed by atoms with van der Waals surface area (Å²) >= 11 is 1.39. The monoisotopic (exact) mass is 475 g/mol. The van der Waals surface area contributed by atoms with Crippen molar-refractivity contribution in [1.82, 2.24) is 18.7 Å². The number of carbonyl (C=O) groups excluding carboxylic acids is 1. The molecule has 0 radical (unpaired) electrons. The lowest BCUT2D eigenvalue weighted by Gasteiger charge is -2.30. The minimum absolute atomic E-state index is 0.236. The van der Waals surface area contributed by atoms with Crippen LogP contribution in [-0.4, -0.2) is 52.3 Å². The Labute approximate surface area is 190 Å². The molecule has 0 spiro atoms. The number of nitrogens with zero attached hydrogens (tertiary/aromatic N) is 4. The van der Waals surface area contributed by atoms with Gasteiger partial charge >= 0.3 is 5.69 Å². The number of benzene rings is 1. The van der Waals surface area contributed by atoms with Gasteiger partial charge in [-0.3, -0.25) is 4.79 Å². The van der Waals surface area contributed by atoms with Crippen molar-refractivity contribution in [2.75, 3.05) is 24.7 Å². The molecule has 3 aromatic rings. The van der Waals surface area contributed by atoms with E-state index in [4.69, 9.17) is 0 Å². The summed E-state index contributed by atoms with van der Waals surface area (Å²) in [6.45, 7) is 2.44.